The molecule has 0 bridgehead atoms. The number of benzene rings is 1. The molecule has 1 rings (SSSR count). The SMILES string of the molecule is CCN(CC(C)(N)C(N)=O)c1cccc(C)c1. The van der Waals surface area contributed by atoms with Crippen LogP contribution in [0.25, 0.3) is 0 Å². The molecular weight excluding hydrogens is 214 g/mol. The number of likely N-dealkylation sites (N-methyl/N-ethyl adjacent to an activating group) is 1. The summed E-state index contributed by atoms with van der Waals surface area (Å²) in [7, 11) is 0. The fraction of sp³-hybridized carbons (Fsp3) is 0.462. The average molecular weight is 235 g/mol. The summed E-state index contributed by atoms with van der Waals surface area (Å²) in [6.07, 6.45) is 0. The molecule has 0 spiro atoms. The summed E-state index contributed by atoms with van der Waals surface area (Å²) >= 11 is 0. The monoisotopic (exact) mass is 235 g/mol. The zero-order chi connectivity index (χ0) is 13.1. The number of rotatable bonds is 5. The van der Waals surface area contributed by atoms with Crippen LogP contribution in [0.1, 0.15) is 19.4 Å². The van der Waals surface area contributed by atoms with Gasteiger partial charge in [0.1, 0.15) is 5.54 Å². The van der Waals surface area contributed by atoms with Crippen molar-refractivity contribution in [2.45, 2.75) is 26.3 Å². The molecule has 17 heavy (non-hydrogen) atoms. The van der Waals surface area contributed by atoms with Gasteiger partial charge in [-0.15, -0.1) is 0 Å². The zero-order valence-electron chi connectivity index (χ0n) is 10.7. The normalized spacial score (nSPS) is 14.1. The maximum absolute atomic E-state index is 11.2. The van der Waals surface area contributed by atoms with E-state index in [-0.39, 0.29) is 0 Å². The second-order valence-corrected chi connectivity index (χ2v) is 4.63. The van der Waals surface area contributed by atoms with E-state index in [0.29, 0.717) is 6.54 Å². The number of hydrogen-bond donors (Lipinski definition) is 2. The fourth-order valence-corrected chi connectivity index (χ4v) is 1.68. The highest BCUT2D eigenvalue weighted by atomic mass is 16.1. The van der Waals surface area contributed by atoms with Gasteiger partial charge in [-0.1, -0.05) is 12.1 Å². The average Bonchev–Trinajstić information content (AvgIpc) is 2.25. The van der Waals surface area contributed by atoms with Crippen LogP contribution in [-0.2, 0) is 4.79 Å². The summed E-state index contributed by atoms with van der Waals surface area (Å²) in [6.45, 7) is 6.92. The van der Waals surface area contributed by atoms with Crippen molar-refractivity contribution in [3.05, 3.63) is 29.8 Å². The van der Waals surface area contributed by atoms with Crippen molar-refractivity contribution >= 4 is 11.6 Å². The molecule has 0 saturated carbocycles. The maximum Gasteiger partial charge on any atom is 0.239 e. The Morgan fingerprint density at radius 3 is 2.59 bits per heavy atom. The van der Waals surface area contributed by atoms with Crippen molar-refractivity contribution in [1.82, 2.24) is 0 Å². The smallest absolute Gasteiger partial charge is 0.239 e. The molecule has 0 aromatic heterocycles. The molecule has 0 fully saturated rings. The molecule has 0 aliphatic carbocycles. The van der Waals surface area contributed by atoms with E-state index in [1.54, 1.807) is 6.92 Å². The molecule has 1 amide bonds. The lowest BCUT2D eigenvalue weighted by Gasteiger charge is -2.31. The quantitative estimate of drug-likeness (QED) is 0.800. The number of primary amides is 1. The summed E-state index contributed by atoms with van der Waals surface area (Å²) in [5.41, 5.74) is 12.4. The molecule has 4 heteroatoms. The molecule has 1 aromatic carbocycles. The fourth-order valence-electron chi connectivity index (χ4n) is 1.68. The van der Waals surface area contributed by atoms with Gasteiger partial charge in [0, 0.05) is 18.8 Å². The maximum atomic E-state index is 11.2. The van der Waals surface area contributed by atoms with Gasteiger partial charge in [0.15, 0.2) is 0 Å². The van der Waals surface area contributed by atoms with Crippen molar-refractivity contribution < 1.29 is 4.79 Å². The molecule has 4 N–H and O–H groups in total. The number of amides is 1. The first-order valence-electron chi connectivity index (χ1n) is 5.77. The van der Waals surface area contributed by atoms with E-state index in [1.165, 1.54) is 5.56 Å². The molecule has 94 valence electrons. The second-order valence-electron chi connectivity index (χ2n) is 4.63. The highest BCUT2D eigenvalue weighted by Gasteiger charge is 2.28. The van der Waals surface area contributed by atoms with Crippen molar-refractivity contribution in [1.29, 1.82) is 0 Å². The van der Waals surface area contributed by atoms with Gasteiger partial charge in [0.05, 0.1) is 0 Å². The highest BCUT2D eigenvalue weighted by molar-refractivity contribution is 5.84. The molecule has 0 aliphatic rings. The van der Waals surface area contributed by atoms with E-state index in [2.05, 4.69) is 11.0 Å². The number of nitrogens with zero attached hydrogens (tertiary/aromatic N) is 1. The zero-order valence-corrected chi connectivity index (χ0v) is 10.7. The number of hydrogen-bond acceptors (Lipinski definition) is 3. The third kappa shape index (κ3) is 3.46. The molecule has 4 nitrogen and oxygen atoms in total. The Balaban J connectivity index is 2.90. The minimum absolute atomic E-state index is 0.419. The predicted molar refractivity (Wildman–Crippen MR) is 70.9 cm³/mol. The summed E-state index contributed by atoms with van der Waals surface area (Å²) < 4.78 is 0. The van der Waals surface area contributed by atoms with Gasteiger partial charge in [-0.25, -0.2) is 0 Å². The van der Waals surface area contributed by atoms with Gasteiger partial charge >= 0.3 is 0 Å². The molecule has 0 aliphatic heterocycles. The van der Waals surface area contributed by atoms with E-state index in [1.807, 2.05) is 32.0 Å². The summed E-state index contributed by atoms with van der Waals surface area (Å²) in [6, 6.07) is 8.10. The van der Waals surface area contributed by atoms with Gasteiger partial charge in [-0.2, -0.15) is 0 Å². The number of anilines is 1. The minimum atomic E-state index is -1.01. The lowest BCUT2D eigenvalue weighted by Crippen LogP contribution is -2.57. The van der Waals surface area contributed by atoms with Crippen LogP contribution >= 0.6 is 0 Å². The first kappa shape index (κ1) is 13.5. The molecule has 0 saturated heterocycles. The molecular formula is C13H21N3O. The minimum Gasteiger partial charge on any atom is -0.369 e. The number of nitrogens with two attached hydrogens (primary N) is 2. The Bertz CT molecular complexity index is 401. The van der Waals surface area contributed by atoms with Crippen LogP contribution in [0.4, 0.5) is 5.69 Å². The van der Waals surface area contributed by atoms with E-state index >= 15 is 0 Å². The number of aryl methyl sites for hydroxylation is 1. The van der Waals surface area contributed by atoms with Crippen molar-refractivity contribution in [3.63, 3.8) is 0 Å². The van der Waals surface area contributed by atoms with Crippen LogP contribution < -0.4 is 16.4 Å². The third-order valence-electron chi connectivity index (χ3n) is 2.83. The Morgan fingerprint density at radius 2 is 2.12 bits per heavy atom. The van der Waals surface area contributed by atoms with Crippen LogP contribution in [0.2, 0.25) is 0 Å². The van der Waals surface area contributed by atoms with Gasteiger partial charge in [0.2, 0.25) is 5.91 Å². The summed E-state index contributed by atoms with van der Waals surface area (Å²) in [4.78, 5) is 13.3. The lowest BCUT2D eigenvalue weighted by molar-refractivity contribution is -0.122. The number of carbonyl (C=O) groups is 1. The molecule has 1 aromatic rings. The van der Waals surface area contributed by atoms with Crippen molar-refractivity contribution in [2.24, 2.45) is 11.5 Å². The Hall–Kier alpha value is -1.55. The van der Waals surface area contributed by atoms with E-state index in [9.17, 15) is 4.79 Å². The van der Waals surface area contributed by atoms with Gasteiger partial charge in [-0.05, 0) is 38.5 Å². The van der Waals surface area contributed by atoms with Crippen molar-refractivity contribution in [2.75, 3.05) is 18.0 Å². The lowest BCUT2D eigenvalue weighted by atomic mass is 10.0. The van der Waals surface area contributed by atoms with E-state index in [4.69, 9.17) is 11.5 Å². The van der Waals surface area contributed by atoms with Gasteiger partial charge in [-0.3, -0.25) is 4.79 Å². The first-order chi connectivity index (χ1) is 7.86. The van der Waals surface area contributed by atoms with Crippen molar-refractivity contribution in [3.8, 4) is 0 Å². The first-order valence-corrected chi connectivity index (χ1v) is 5.77. The van der Waals surface area contributed by atoms with E-state index in [0.717, 1.165) is 12.2 Å². The molecule has 1 unspecified atom stereocenters. The molecule has 0 heterocycles. The van der Waals surface area contributed by atoms with E-state index < -0.39 is 11.4 Å². The highest BCUT2D eigenvalue weighted by Crippen LogP contribution is 2.17. The third-order valence-corrected chi connectivity index (χ3v) is 2.83. The van der Waals surface area contributed by atoms with Crippen LogP contribution in [0.3, 0.4) is 0 Å². The van der Waals surface area contributed by atoms with Gasteiger partial charge < -0.3 is 16.4 Å². The predicted octanol–water partition coefficient (Wildman–Crippen LogP) is 1.02. The summed E-state index contributed by atoms with van der Waals surface area (Å²) in [5, 5.41) is 0. The van der Waals surface area contributed by atoms with Crippen LogP contribution in [0, 0.1) is 6.92 Å². The Morgan fingerprint density at radius 1 is 1.47 bits per heavy atom. The second kappa shape index (κ2) is 5.19. The molecule has 0 radical (unpaired) electrons. The molecule has 1 atom stereocenters. The van der Waals surface area contributed by atoms with Crippen LogP contribution in [-0.4, -0.2) is 24.5 Å². The van der Waals surface area contributed by atoms with Crippen LogP contribution in [0.5, 0.6) is 0 Å². The number of carbonyl (C=O) groups excluding carboxylic acids is 1. The Kier molecular flexibility index (Phi) is 4.12. The van der Waals surface area contributed by atoms with Gasteiger partial charge in [0.25, 0.3) is 0 Å². The Labute approximate surface area is 103 Å². The van der Waals surface area contributed by atoms with Crippen LogP contribution in [0.15, 0.2) is 24.3 Å². The topological polar surface area (TPSA) is 72.3 Å². The summed E-state index contributed by atoms with van der Waals surface area (Å²) in [5.74, 6) is -0.483. The standard InChI is InChI=1S/C13H21N3O/c1-4-16(9-13(3,15)12(14)17)11-7-5-6-10(2)8-11/h5-8H,4,9,15H2,1-3H3,(H2,14,17). The largest absolute Gasteiger partial charge is 0.369 e.